The van der Waals surface area contributed by atoms with E-state index in [0.717, 1.165) is 5.56 Å². The molecule has 0 aliphatic heterocycles. The van der Waals surface area contributed by atoms with Gasteiger partial charge in [0, 0.05) is 7.11 Å². The molecule has 1 rings (SSSR count). The highest BCUT2D eigenvalue weighted by atomic mass is 19.3. The summed E-state index contributed by atoms with van der Waals surface area (Å²) in [5, 5.41) is 2.77. The van der Waals surface area contributed by atoms with Crippen molar-refractivity contribution in [3.05, 3.63) is 35.4 Å². The molecule has 0 heterocycles. The molecule has 0 saturated heterocycles. The van der Waals surface area contributed by atoms with Crippen molar-refractivity contribution in [1.82, 2.24) is 5.32 Å². The van der Waals surface area contributed by atoms with Gasteiger partial charge in [-0.15, -0.1) is 0 Å². The molecule has 4 heteroatoms. The summed E-state index contributed by atoms with van der Waals surface area (Å²) in [4.78, 5) is 0. The lowest BCUT2D eigenvalue weighted by Gasteiger charge is -2.17. The summed E-state index contributed by atoms with van der Waals surface area (Å²) in [5.41, 5.74) is 1.59. The van der Waals surface area contributed by atoms with E-state index >= 15 is 0 Å². The fraction of sp³-hybridized carbons (Fsp3) is 0.500. The molecule has 0 aliphatic rings. The van der Waals surface area contributed by atoms with Crippen molar-refractivity contribution in [2.24, 2.45) is 0 Å². The zero-order valence-corrected chi connectivity index (χ0v) is 9.54. The molecule has 2 nitrogen and oxygen atoms in total. The summed E-state index contributed by atoms with van der Waals surface area (Å²) in [6.07, 6.45) is -2.40. The lowest BCUT2D eigenvalue weighted by atomic mass is 10.1. The summed E-state index contributed by atoms with van der Waals surface area (Å²) in [6, 6.07) is 6.17. The van der Waals surface area contributed by atoms with E-state index in [1.165, 1.54) is 0 Å². The number of halogens is 2. The van der Waals surface area contributed by atoms with E-state index in [4.69, 9.17) is 4.74 Å². The van der Waals surface area contributed by atoms with Crippen molar-refractivity contribution in [2.45, 2.75) is 26.0 Å². The lowest BCUT2D eigenvalue weighted by molar-refractivity contribution is 0.0992. The number of hydrogen-bond acceptors (Lipinski definition) is 2. The van der Waals surface area contributed by atoms with Crippen LogP contribution >= 0.6 is 0 Å². The van der Waals surface area contributed by atoms with E-state index in [1.807, 2.05) is 19.1 Å². The Balaban J connectivity index is 2.77. The SMILES string of the molecule is CCNC(c1ccc(COC)cc1)C(F)F. The third-order valence-corrected chi connectivity index (χ3v) is 2.33. The standard InChI is InChI=1S/C12H17F2NO/c1-3-15-11(12(13)14)10-6-4-9(5-7-10)8-16-2/h4-7,11-12,15H,3,8H2,1-2H3. The molecule has 0 aliphatic carbocycles. The topological polar surface area (TPSA) is 21.3 Å². The van der Waals surface area contributed by atoms with Crippen molar-refractivity contribution in [3.63, 3.8) is 0 Å². The van der Waals surface area contributed by atoms with Gasteiger partial charge in [0.15, 0.2) is 0 Å². The van der Waals surface area contributed by atoms with E-state index in [0.29, 0.717) is 18.7 Å². The second-order valence-electron chi connectivity index (χ2n) is 3.54. The van der Waals surface area contributed by atoms with Crippen molar-refractivity contribution < 1.29 is 13.5 Å². The molecule has 0 spiro atoms. The van der Waals surface area contributed by atoms with Crippen LogP contribution in [0.25, 0.3) is 0 Å². The van der Waals surface area contributed by atoms with Crippen molar-refractivity contribution in [2.75, 3.05) is 13.7 Å². The number of alkyl halides is 2. The third-order valence-electron chi connectivity index (χ3n) is 2.33. The first-order valence-electron chi connectivity index (χ1n) is 5.28. The first kappa shape index (κ1) is 13.1. The lowest BCUT2D eigenvalue weighted by Crippen LogP contribution is -2.27. The maximum absolute atomic E-state index is 12.7. The van der Waals surface area contributed by atoms with Gasteiger partial charge in [-0.1, -0.05) is 31.2 Å². The van der Waals surface area contributed by atoms with E-state index in [1.54, 1.807) is 19.2 Å². The predicted molar refractivity (Wildman–Crippen MR) is 59.6 cm³/mol. The van der Waals surface area contributed by atoms with Crippen LogP contribution in [-0.2, 0) is 11.3 Å². The molecule has 0 radical (unpaired) electrons. The summed E-state index contributed by atoms with van der Waals surface area (Å²) < 4.78 is 30.4. The van der Waals surface area contributed by atoms with Gasteiger partial charge in [0.05, 0.1) is 12.6 Å². The minimum absolute atomic E-state index is 0.501. The van der Waals surface area contributed by atoms with Gasteiger partial charge in [0.2, 0.25) is 0 Å². The smallest absolute Gasteiger partial charge is 0.257 e. The van der Waals surface area contributed by atoms with Crippen LogP contribution in [0, 0.1) is 0 Å². The molecule has 90 valence electrons. The zero-order chi connectivity index (χ0) is 12.0. The quantitative estimate of drug-likeness (QED) is 0.809. The highest BCUT2D eigenvalue weighted by Crippen LogP contribution is 2.21. The Kier molecular flexibility index (Phi) is 5.35. The molecule has 1 atom stereocenters. The number of ether oxygens (including phenoxy) is 1. The molecular weight excluding hydrogens is 212 g/mol. The van der Waals surface area contributed by atoms with E-state index < -0.39 is 12.5 Å². The van der Waals surface area contributed by atoms with Gasteiger partial charge < -0.3 is 10.1 Å². The molecular formula is C12H17F2NO. The van der Waals surface area contributed by atoms with Crippen LogP contribution in [0.5, 0.6) is 0 Å². The minimum Gasteiger partial charge on any atom is -0.380 e. The van der Waals surface area contributed by atoms with Gasteiger partial charge in [0.1, 0.15) is 0 Å². The first-order valence-corrected chi connectivity index (χ1v) is 5.28. The maximum Gasteiger partial charge on any atom is 0.257 e. The zero-order valence-electron chi connectivity index (χ0n) is 9.54. The largest absolute Gasteiger partial charge is 0.380 e. The van der Waals surface area contributed by atoms with Crippen molar-refractivity contribution in [1.29, 1.82) is 0 Å². The van der Waals surface area contributed by atoms with Crippen LogP contribution in [0.3, 0.4) is 0 Å². The van der Waals surface area contributed by atoms with Crippen LogP contribution in [0.2, 0.25) is 0 Å². The highest BCUT2D eigenvalue weighted by Gasteiger charge is 2.20. The minimum atomic E-state index is -2.40. The molecule has 0 aromatic heterocycles. The normalized spacial score (nSPS) is 13.1. The van der Waals surface area contributed by atoms with Crippen LogP contribution in [0.4, 0.5) is 8.78 Å². The molecule has 1 N–H and O–H groups in total. The van der Waals surface area contributed by atoms with Gasteiger partial charge in [-0.2, -0.15) is 0 Å². The maximum atomic E-state index is 12.7. The molecule has 16 heavy (non-hydrogen) atoms. The molecule has 0 bridgehead atoms. The molecule has 1 aromatic carbocycles. The second-order valence-corrected chi connectivity index (χ2v) is 3.54. The number of nitrogens with one attached hydrogen (secondary N) is 1. The summed E-state index contributed by atoms with van der Waals surface area (Å²) in [7, 11) is 1.61. The Morgan fingerprint density at radius 3 is 2.31 bits per heavy atom. The van der Waals surface area contributed by atoms with Crippen LogP contribution in [-0.4, -0.2) is 20.1 Å². The molecule has 0 fully saturated rings. The van der Waals surface area contributed by atoms with Crippen LogP contribution in [0.1, 0.15) is 24.1 Å². The predicted octanol–water partition coefficient (Wildman–Crippen LogP) is 2.75. The fourth-order valence-corrected chi connectivity index (χ4v) is 1.56. The summed E-state index contributed by atoms with van der Waals surface area (Å²) in [5.74, 6) is 0. The average Bonchev–Trinajstić information content (AvgIpc) is 2.27. The van der Waals surface area contributed by atoms with E-state index in [-0.39, 0.29) is 0 Å². The Morgan fingerprint density at radius 2 is 1.88 bits per heavy atom. The van der Waals surface area contributed by atoms with E-state index in [9.17, 15) is 8.78 Å². The fourth-order valence-electron chi connectivity index (χ4n) is 1.56. The summed E-state index contributed by atoms with van der Waals surface area (Å²) in [6.45, 7) is 2.84. The van der Waals surface area contributed by atoms with E-state index in [2.05, 4.69) is 5.32 Å². The average molecular weight is 229 g/mol. The Hall–Kier alpha value is -1.00. The van der Waals surface area contributed by atoms with Crippen LogP contribution in [0.15, 0.2) is 24.3 Å². The van der Waals surface area contributed by atoms with Crippen molar-refractivity contribution in [3.8, 4) is 0 Å². The number of hydrogen-bond donors (Lipinski definition) is 1. The van der Waals surface area contributed by atoms with Gasteiger partial charge >= 0.3 is 0 Å². The number of methoxy groups -OCH3 is 1. The highest BCUT2D eigenvalue weighted by molar-refractivity contribution is 5.25. The Morgan fingerprint density at radius 1 is 1.25 bits per heavy atom. The number of benzene rings is 1. The second kappa shape index (κ2) is 6.55. The van der Waals surface area contributed by atoms with Gasteiger partial charge in [-0.25, -0.2) is 8.78 Å². The van der Waals surface area contributed by atoms with Crippen LogP contribution < -0.4 is 5.32 Å². The number of rotatable bonds is 6. The Labute approximate surface area is 94.6 Å². The van der Waals surface area contributed by atoms with Gasteiger partial charge in [-0.05, 0) is 17.7 Å². The summed E-state index contributed by atoms with van der Waals surface area (Å²) >= 11 is 0. The first-order chi connectivity index (χ1) is 7.69. The molecule has 1 unspecified atom stereocenters. The van der Waals surface area contributed by atoms with Crippen molar-refractivity contribution >= 4 is 0 Å². The third kappa shape index (κ3) is 3.54. The Bertz CT molecular complexity index is 300. The molecule has 1 aromatic rings. The molecule has 0 amide bonds. The molecule has 0 saturated carbocycles. The monoisotopic (exact) mass is 229 g/mol. The van der Waals surface area contributed by atoms with Gasteiger partial charge in [0.25, 0.3) is 6.43 Å². The van der Waals surface area contributed by atoms with Gasteiger partial charge in [-0.3, -0.25) is 0 Å².